The number of nitro groups is 1. The SMILES string of the molecule is C=C(C(=O)c1ccccc1[Se]C)C(O)c1ccc([N+](=O)[O-])cc1. The number of hydrogen-bond donors (Lipinski definition) is 1. The van der Waals surface area contributed by atoms with Crippen LogP contribution in [0.4, 0.5) is 5.69 Å². The fourth-order valence-corrected chi connectivity index (χ4v) is 3.36. The first-order chi connectivity index (χ1) is 11.0. The molecule has 0 aliphatic rings. The van der Waals surface area contributed by atoms with Crippen molar-refractivity contribution < 1.29 is 14.8 Å². The average Bonchev–Trinajstić information content (AvgIpc) is 2.59. The van der Waals surface area contributed by atoms with Crippen LogP contribution in [0.5, 0.6) is 0 Å². The Morgan fingerprint density at radius 2 is 1.83 bits per heavy atom. The molecule has 1 atom stereocenters. The summed E-state index contributed by atoms with van der Waals surface area (Å²) in [6.07, 6.45) is -1.19. The molecule has 118 valence electrons. The van der Waals surface area contributed by atoms with Crippen molar-refractivity contribution >= 4 is 30.9 Å². The van der Waals surface area contributed by atoms with Crippen LogP contribution in [0.1, 0.15) is 22.0 Å². The average molecular weight is 376 g/mol. The first kappa shape index (κ1) is 17.1. The Morgan fingerprint density at radius 1 is 1.22 bits per heavy atom. The van der Waals surface area contributed by atoms with Gasteiger partial charge >= 0.3 is 140 Å². The predicted molar refractivity (Wildman–Crippen MR) is 89.2 cm³/mol. The quantitative estimate of drug-likeness (QED) is 0.276. The van der Waals surface area contributed by atoms with Gasteiger partial charge < -0.3 is 0 Å². The molecule has 2 aromatic carbocycles. The minimum absolute atomic E-state index is 0.0514. The van der Waals surface area contributed by atoms with E-state index >= 15 is 0 Å². The number of rotatable bonds is 6. The number of Topliss-reactive ketones (excluding diaryl/α,β-unsaturated/α-hetero) is 1. The van der Waals surface area contributed by atoms with Crippen LogP contribution >= 0.6 is 0 Å². The second-order valence-electron chi connectivity index (χ2n) is 4.81. The molecule has 0 fully saturated rings. The normalized spacial score (nSPS) is 11.7. The number of aliphatic hydroxyl groups excluding tert-OH is 1. The van der Waals surface area contributed by atoms with Gasteiger partial charge in [0, 0.05) is 0 Å². The fraction of sp³-hybridized carbons (Fsp3) is 0.118. The van der Waals surface area contributed by atoms with Gasteiger partial charge in [-0.05, 0) is 0 Å². The number of carbonyl (C=O) groups is 1. The molecule has 5 nitrogen and oxygen atoms in total. The van der Waals surface area contributed by atoms with Crippen LogP contribution in [-0.4, -0.2) is 30.8 Å². The van der Waals surface area contributed by atoms with E-state index < -0.39 is 11.0 Å². The van der Waals surface area contributed by atoms with Gasteiger partial charge in [0.05, 0.1) is 0 Å². The van der Waals surface area contributed by atoms with Gasteiger partial charge in [-0.3, -0.25) is 0 Å². The molecule has 1 unspecified atom stereocenters. The van der Waals surface area contributed by atoms with Gasteiger partial charge in [0.15, 0.2) is 0 Å². The van der Waals surface area contributed by atoms with Crippen molar-refractivity contribution in [1.29, 1.82) is 0 Å². The molecule has 0 spiro atoms. The Balaban J connectivity index is 2.25. The van der Waals surface area contributed by atoms with Crippen LogP contribution in [-0.2, 0) is 0 Å². The summed E-state index contributed by atoms with van der Waals surface area (Å²) in [6, 6.07) is 12.7. The Labute approximate surface area is 140 Å². The van der Waals surface area contributed by atoms with E-state index in [-0.39, 0.29) is 32.0 Å². The summed E-state index contributed by atoms with van der Waals surface area (Å²) in [5.74, 6) is 1.70. The minimum atomic E-state index is -1.19. The zero-order valence-electron chi connectivity index (χ0n) is 12.4. The van der Waals surface area contributed by atoms with Crippen LogP contribution in [0.3, 0.4) is 0 Å². The molecule has 0 aliphatic heterocycles. The maximum atomic E-state index is 12.6. The van der Waals surface area contributed by atoms with Gasteiger partial charge in [-0.2, -0.15) is 0 Å². The standard InChI is InChI=1S/C17H15NO4Se/c1-11(17(20)14-5-3-4-6-15(14)23-2)16(19)12-7-9-13(10-8-12)18(21)22/h3-10,16,19H,1H2,2H3. The van der Waals surface area contributed by atoms with Crippen molar-refractivity contribution in [2.24, 2.45) is 0 Å². The number of carbonyl (C=O) groups excluding carboxylic acids is 1. The number of hydrogen-bond acceptors (Lipinski definition) is 4. The van der Waals surface area contributed by atoms with Crippen molar-refractivity contribution in [2.45, 2.75) is 11.9 Å². The molecule has 2 aromatic rings. The van der Waals surface area contributed by atoms with Crippen LogP contribution in [0.15, 0.2) is 60.7 Å². The van der Waals surface area contributed by atoms with E-state index in [9.17, 15) is 20.0 Å². The van der Waals surface area contributed by atoms with E-state index in [2.05, 4.69) is 6.58 Å². The summed E-state index contributed by atoms with van der Waals surface area (Å²) < 4.78 is 0.946. The molecule has 2 rings (SSSR count). The Bertz CT molecular complexity index is 755. The molecule has 0 bridgehead atoms. The third kappa shape index (κ3) is 3.74. The molecular weight excluding hydrogens is 361 g/mol. The van der Waals surface area contributed by atoms with E-state index in [1.807, 2.05) is 18.0 Å². The van der Waals surface area contributed by atoms with Crippen molar-refractivity contribution in [3.8, 4) is 0 Å². The Hall–Kier alpha value is -2.27. The Kier molecular flexibility index (Phi) is 5.45. The molecule has 0 heterocycles. The number of non-ortho nitro benzene ring substituents is 1. The summed E-state index contributed by atoms with van der Waals surface area (Å²) in [7, 11) is 0. The number of nitrogens with zero attached hydrogens (tertiary/aromatic N) is 1. The second-order valence-corrected chi connectivity index (χ2v) is 6.59. The molecule has 0 saturated heterocycles. The van der Waals surface area contributed by atoms with Crippen molar-refractivity contribution in [3.05, 3.63) is 81.9 Å². The summed E-state index contributed by atoms with van der Waals surface area (Å²) in [5.41, 5.74) is 0.918. The monoisotopic (exact) mass is 377 g/mol. The van der Waals surface area contributed by atoms with E-state index in [1.54, 1.807) is 12.1 Å². The van der Waals surface area contributed by atoms with Crippen LogP contribution in [0, 0.1) is 10.1 Å². The zero-order chi connectivity index (χ0) is 17.0. The maximum absolute atomic E-state index is 12.6. The molecule has 6 heteroatoms. The number of aliphatic hydroxyl groups is 1. The predicted octanol–water partition coefficient (Wildman–Crippen LogP) is 2.44. The van der Waals surface area contributed by atoms with Gasteiger partial charge in [0.2, 0.25) is 0 Å². The summed E-state index contributed by atoms with van der Waals surface area (Å²) in [5, 5.41) is 21.0. The topological polar surface area (TPSA) is 80.4 Å². The van der Waals surface area contributed by atoms with E-state index in [0.29, 0.717) is 11.1 Å². The summed E-state index contributed by atoms with van der Waals surface area (Å²) in [6.45, 7) is 3.71. The van der Waals surface area contributed by atoms with E-state index in [1.165, 1.54) is 24.3 Å². The molecule has 0 aromatic heterocycles. The molecule has 0 saturated carbocycles. The van der Waals surface area contributed by atoms with Crippen LogP contribution in [0.25, 0.3) is 0 Å². The van der Waals surface area contributed by atoms with Gasteiger partial charge in [-0.15, -0.1) is 0 Å². The summed E-state index contributed by atoms with van der Waals surface area (Å²) >= 11 is 0.144. The summed E-state index contributed by atoms with van der Waals surface area (Å²) in [4.78, 5) is 22.7. The molecule has 0 radical (unpaired) electrons. The van der Waals surface area contributed by atoms with Crippen LogP contribution in [0.2, 0.25) is 5.82 Å². The van der Waals surface area contributed by atoms with E-state index in [4.69, 9.17) is 0 Å². The second kappa shape index (κ2) is 7.33. The molecule has 23 heavy (non-hydrogen) atoms. The first-order valence-corrected chi connectivity index (χ1v) is 9.31. The van der Waals surface area contributed by atoms with Crippen molar-refractivity contribution in [2.75, 3.05) is 0 Å². The van der Waals surface area contributed by atoms with Gasteiger partial charge in [-0.25, -0.2) is 0 Å². The molecule has 0 amide bonds. The molecular formula is C17H15NO4Se. The van der Waals surface area contributed by atoms with Gasteiger partial charge in [-0.1, -0.05) is 0 Å². The zero-order valence-corrected chi connectivity index (χ0v) is 14.1. The fourth-order valence-electron chi connectivity index (χ4n) is 2.11. The molecule has 0 aliphatic carbocycles. The van der Waals surface area contributed by atoms with Gasteiger partial charge in [0.25, 0.3) is 0 Å². The third-order valence-corrected chi connectivity index (χ3v) is 5.06. The van der Waals surface area contributed by atoms with Crippen LogP contribution < -0.4 is 4.46 Å². The third-order valence-electron chi connectivity index (χ3n) is 3.39. The van der Waals surface area contributed by atoms with Crippen molar-refractivity contribution in [3.63, 3.8) is 0 Å². The number of benzene rings is 2. The number of ketones is 1. The Morgan fingerprint density at radius 3 is 2.39 bits per heavy atom. The van der Waals surface area contributed by atoms with Gasteiger partial charge in [0.1, 0.15) is 0 Å². The van der Waals surface area contributed by atoms with E-state index in [0.717, 1.165) is 4.46 Å². The molecule has 1 N–H and O–H groups in total. The number of nitro benzene ring substituents is 1. The van der Waals surface area contributed by atoms with Crippen molar-refractivity contribution in [1.82, 2.24) is 0 Å². The first-order valence-electron chi connectivity index (χ1n) is 6.74.